The lowest BCUT2D eigenvalue weighted by Gasteiger charge is -2.09. The van der Waals surface area contributed by atoms with Crippen molar-refractivity contribution in [2.24, 2.45) is 0 Å². The third-order valence-electron chi connectivity index (χ3n) is 3.67. The summed E-state index contributed by atoms with van der Waals surface area (Å²) in [6, 6.07) is 11.1. The molecule has 0 bridgehead atoms. The van der Waals surface area contributed by atoms with Crippen molar-refractivity contribution in [2.75, 3.05) is 18.5 Å². The summed E-state index contributed by atoms with van der Waals surface area (Å²) < 4.78 is 31.3. The van der Waals surface area contributed by atoms with Crippen molar-refractivity contribution in [3.63, 3.8) is 0 Å². The summed E-state index contributed by atoms with van der Waals surface area (Å²) in [7, 11) is -3.85. The number of hydrogen-bond donors (Lipinski definition) is 2. The minimum atomic E-state index is -3.85. The number of anilines is 1. The van der Waals surface area contributed by atoms with Crippen molar-refractivity contribution < 1.29 is 22.7 Å². The Morgan fingerprint density at radius 1 is 1.07 bits per heavy atom. The second kappa shape index (κ2) is 8.98. The van der Waals surface area contributed by atoms with Crippen molar-refractivity contribution in [1.29, 1.82) is 0 Å². The summed E-state index contributed by atoms with van der Waals surface area (Å²) in [6.07, 6.45) is 0. The van der Waals surface area contributed by atoms with E-state index >= 15 is 0 Å². The molecule has 0 atom stereocenters. The number of sulfonamides is 1. The maximum Gasteiger partial charge on any atom is 0.321 e. The molecule has 0 aromatic heterocycles. The number of nitrogens with one attached hydrogen (secondary N) is 2. The van der Waals surface area contributed by atoms with E-state index in [0.29, 0.717) is 10.7 Å². The predicted molar refractivity (Wildman–Crippen MR) is 102 cm³/mol. The number of carbonyl (C=O) groups is 2. The van der Waals surface area contributed by atoms with Gasteiger partial charge in [-0.3, -0.25) is 9.59 Å². The molecule has 0 radical (unpaired) electrons. The fourth-order valence-corrected chi connectivity index (χ4v) is 3.32. The van der Waals surface area contributed by atoms with E-state index < -0.39 is 35.1 Å². The minimum Gasteiger partial charge on any atom is -0.455 e. The molecule has 0 heterocycles. The van der Waals surface area contributed by atoms with Crippen LogP contribution >= 0.6 is 11.6 Å². The lowest BCUT2D eigenvalue weighted by atomic mass is 10.1. The molecule has 144 valence electrons. The fraction of sp³-hybridized carbons (Fsp3) is 0.222. The van der Waals surface area contributed by atoms with Gasteiger partial charge in [0.15, 0.2) is 6.61 Å². The molecule has 0 unspecified atom stereocenters. The van der Waals surface area contributed by atoms with E-state index in [4.69, 9.17) is 16.3 Å². The molecule has 9 heteroatoms. The zero-order valence-corrected chi connectivity index (χ0v) is 16.4. The van der Waals surface area contributed by atoms with Gasteiger partial charge in [-0.15, -0.1) is 0 Å². The van der Waals surface area contributed by atoms with E-state index in [1.807, 2.05) is 6.92 Å². The molecule has 0 aliphatic carbocycles. The van der Waals surface area contributed by atoms with E-state index in [2.05, 4.69) is 10.0 Å². The zero-order chi connectivity index (χ0) is 20.0. The number of hydrogen-bond acceptors (Lipinski definition) is 5. The van der Waals surface area contributed by atoms with Gasteiger partial charge in [0.05, 0.1) is 4.90 Å². The number of rotatable bonds is 7. The van der Waals surface area contributed by atoms with Crippen LogP contribution in [0.2, 0.25) is 5.02 Å². The highest BCUT2D eigenvalue weighted by atomic mass is 35.5. The molecule has 0 fully saturated rings. The maximum atomic E-state index is 12.2. The van der Waals surface area contributed by atoms with Crippen molar-refractivity contribution in [1.82, 2.24) is 4.72 Å². The van der Waals surface area contributed by atoms with Crippen LogP contribution < -0.4 is 10.0 Å². The van der Waals surface area contributed by atoms with Gasteiger partial charge in [0, 0.05) is 10.7 Å². The molecule has 2 aromatic rings. The Morgan fingerprint density at radius 3 is 2.48 bits per heavy atom. The first-order valence-corrected chi connectivity index (χ1v) is 9.81. The van der Waals surface area contributed by atoms with E-state index in [1.165, 1.54) is 12.1 Å². The van der Waals surface area contributed by atoms with Crippen LogP contribution in [0.1, 0.15) is 11.1 Å². The lowest BCUT2D eigenvalue weighted by molar-refractivity contribution is -0.146. The highest BCUT2D eigenvalue weighted by Gasteiger charge is 2.17. The normalized spacial score (nSPS) is 11.1. The van der Waals surface area contributed by atoms with Gasteiger partial charge in [0.2, 0.25) is 10.0 Å². The highest BCUT2D eigenvalue weighted by molar-refractivity contribution is 7.89. The summed E-state index contributed by atoms with van der Waals surface area (Å²) in [5.41, 5.74) is 2.23. The van der Waals surface area contributed by atoms with Crippen molar-refractivity contribution >= 4 is 39.2 Å². The molecule has 27 heavy (non-hydrogen) atoms. The first kappa shape index (κ1) is 20.9. The van der Waals surface area contributed by atoms with Gasteiger partial charge >= 0.3 is 5.97 Å². The van der Waals surface area contributed by atoms with Crippen LogP contribution in [-0.4, -0.2) is 33.4 Å². The molecular formula is C18H19ClN2O5S. The summed E-state index contributed by atoms with van der Waals surface area (Å²) in [4.78, 5) is 23.5. The number of ether oxygens (including phenoxy) is 1. The van der Waals surface area contributed by atoms with E-state index in [1.54, 1.807) is 37.3 Å². The first-order valence-electron chi connectivity index (χ1n) is 7.95. The van der Waals surface area contributed by atoms with Crippen LogP contribution in [0, 0.1) is 13.8 Å². The number of aryl methyl sites for hydroxylation is 2. The van der Waals surface area contributed by atoms with E-state index in [0.717, 1.165) is 11.1 Å². The Labute approximate surface area is 162 Å². The van der Waals surface area contributed by atoms with Crippen LogP contribution in [-0.2, 0) is 24.3 Å². The SMILES string of the molecule is Cc1ccc(S(=O)(=O)NCC(=O)OCC(=O)Nc2cccc(Cl)c2)cc1C. The van der Waals surface area contributed by atoms with Crippen LogP contribution in [0.4, 0.5) is 5.69 Å². The van der Waals surface area contributed by atoms with Gasteiger partial charge < -0.3 is 10.1 Å². The van der Waals surface area contributed by atoms with Gasteiger partial charge in [-0.1, -0.05) is 23.7 Å². The topological polar surface area (TPSA) is 102 Å². The maximum absolute atomic E-state index is 12.2. The second-order valence-corrected chi connectivity index (χ2v) is 7.99. The van der Waals surface area contributed by atoms with Gasteiger partial charge in [-0.05, 0) is 55.3 Å². The Bertz CT molecular complexity index is 960. The third kappa shape index (κ3) is 6.35. The Kier molecular flexibility index (Phi) is 6.95. The summed E-state index contributed by atoms with van der Waals surface area (Å²) in [6.45, 7) is 2.53. The molecule has 2 rings (SSSR count). The molecule has 0 aliphatic rings. The molecule has 2 aromatic carbocycles. The summed E-state index contributed by atoms with van der Waals surface area (Å²) in [5.74, 6) is -1.44. The number of carbonyl (C=O) groups excluding carboxylic acids is 2. The van der Waals surface area contributed by atoms with Gasteiger partial charge in [-0.25, -0.2) is 8.42 Å². The van der Waals surface area contributed by atoms with Gasteiger partial charge in [0.1, 0.15) is 6.54 Å². The number of benzene rings is 2. The molecule has 1 amide bonds. The second-order valence-electron chi connectivity index (χ2n) is 5.79. The average Bonchev–Trinajstić information content (AvgIpc) is 2.60. The minimum absolute atomic E-state index is 0.0529. The Hall–Kier alpha value is -2.42. The van der Waals surface area contributed by atoms with E-state index in [9.17, 15) is 18.0 Å². The number of halogens is 1. The standard InChI is InChI=1S/C18H19ClN2O5S/c1-12-6-7-16(8-13(12)2)27(24,25)20-10-18(23)26-11-17(22)21-15-5-3-4-14(19)9-15/h3-9,20H,10-11H2,1-2H3,(H,21,22). The first-order chi connectivity index (χ1) is 12.7. The molecule has 2 N–H and O–H groups in total. The molecule has 0 aliphatic heterocycles. The van der Waals surface area contributed by atoms with Crippen LogP contribution in [0.25, 0.3) is 0 Å². The predicted octanol–water partition coefficient (Wildman–Crippen LogP) is 2.42. The van der Waals surface area contributed by atoms with Gasteiger partial charge in [-0.2, -0.15) is 4.72 Å². The molecule has 0 saturated heterocycles. The summed E-state index contributed by atoms with van der Waals surface area (Å²) in [5, 5.41) is 2.96. The number of esters is 1. The van der Waals surface area contributed by atoms with Crippen LogP contribution in [0.15, 0.2) is 47.4 Å². The molecule has 0 spiro atoms. The Balaban J connectivity index is 1.83. The number of amides is 1. The smallest absolute Gasteiger partial charge is 0.321 e. The largest absolute Gasteiger partial charge is 0.455 e. The van der Waals surface area contributed by atoms with Crippen molar-refractivity contribution in [3.8, 4) is 0 Å². The zero-order valence-electron chi connectivity index (χ0n) is 14.8. The van der Waals surface area contributed by atoms with Gasteiger partial charge in [0.25, 0.3) is 5.91 Å². The van der Waals surface area contributed by atoms with Crippen LogP contribution in [0.3, 0.4) is 0 Å². The molecule has 0 saturated carbocycles. The third-order valence-corrected chi connectivity index (χ3v) is 5.30. The molecular weight excluding hydrogens is 392 g/mol. The van der Waals surface area contributed by atoms with Crippen molar-refractivity contribution in [2.45, 2.75) is 18.7 Å². The average molecular weight is 411 g/mol. The highest BCUT2D eigenvalue weighted by Crippen LogP contribution is 2.15. The fourth-order valence-electron chi connectivity index (χ4n) is 2.08. The van der Waals surface area contributed by atoms with Crippen LogP contribution in [0.5, 0.6) is 0 Å². The molecule has 7 nitrogen and oxygen atoms in total. The Morgan fingerprint density at radius 2 is 1.81 bits per heavy atom. The van der Waals surface area contributed by atoms with E-state index in [-0.39, 0.29) is 4.90 Å². The quantitative estimate of drug-likeness (QED) is 0.682. The summed E-state index contributed by atoms with van der Waals surface area (Å²) >= 11 is 5.81. The lowest BCUT2D eigenvalue weighted by Crippen LogP contribution is -2.32. The monoisotopic (exact) mass is 410 g/mol. The van der Waals surface area contributed by atoms with Crippen molar-refractivity contribution in [3.05, 3.63) is 58.6 Å².